The quantitative estimate of drug-likeness (QED) is 0.804. The largest absolute Gasteiger partial charge is 0.424 e. The Hall–Kier alpha value is -1.38. The summed E-state index contributed by atoms with van der Waals surface area (Å²) in [4.78, 5) is 4.68. The molecule has 1 atom stereocenters. The Kier molecular flexibility index (Phi) is 4.70. The lowest BCUT2D eigenvalue weighted by molar-refractivity contribution is -0.272. The molecule has 0 amide bonds. The monoisotopic (exact) mass is 319 g/mol. The molecule has 0 aliphatic heterocycles. The highest BCUT2D eigenvalue weighted by molar-refractivity contribution is 7.09. The van der Waals surface area contributed by atoms with Crippen molar-refractivity contribution in [2.75, 3.05) is 6.54 Å². The van der Waals surface area contributed by atoms with E-state index in [1.165, 1.54) is 35.3 Å². The normalized spacial score (nSPS) is 15.1. The van der Waals surface area contributed by atoms with Crippen LogP contribution >= 0.6 is 11.3 Å². The smallest absolute Gasteiger partial charge is 0.374 e. The molecule has 0 aliphatic carbocycles. The highest BCUT2D eigenvalue weighted by Gasteiger charge is 2.56. The molecule has 116 valence electrons. The number of nitrogens with one attached hydrogen (secondary N) is 1. The Morgan fingerprint density at radius 2 is 2.19 bits per heavy atom. The molecule has 0 radical (unpaired) electrons. The highest BCUT2D eigenvalue weighted by Crippen LogP contribution is 2.40. The fraction of sp³-hybridized carbons (Fsp3) is 0.462. The number of hydrogen-bond acceptors (Lipinski definition) is 4. The average molecular weight is 319 g/mol. The number of thiophene rings is 1. The Balaban J connectivity index is 2.02. The zero-order chi connectivity index (χ0) is 15.5. The minimum atomic E-state index is -4.78. The van der Waals surface area contributed by atoms with E-state index in [2.05, 4.69) is 10.3 Å². The first-order valence-corrected chi connectivity index (χ1v) is 7.22. The lowest BCUT2D eigenvalue weighted by Gasteiger charge is -2.30. The number of rotatable bonds is 6. The summed E-state index contributed by atoms with van der Waals surface area (Å²) in [5, 5.41) is 14.9. The molecule has 0 saturated heterocycles. The van der Waals surface area contributed by atoms with Crippen molar-refractivity contribution in [3.05, 3.63) is 40.6 Å². The maximum atomic E-state index is 13.2. The molecule has 0 spiro atoms. The van der Waals surface area contributed by atoms with Crippen molar-refractivity contribution in [2.45, 2.75) is 24.7 Å². The van der Waals surface area contributed by atoms with Crippen LogP contribution in [-0.4, -0.2) is 27.4 Å². The van der Waals surface area contributed by atoms with Gasteiger partial charge in [-0.05, 0) is 18.0 Å². The van der Waals surface area contributed by atoms with Crippen molar-refractivity contribution in [3.8, 4) is 0 Å². The summed E-state index contributed by atoms with van der Waals surface area (Å²) >= 11 is 1.52. The van der Waals surface area contributed by atoms with Crippen LogP contribution in [0.15, 0.2) is 29.9 Å². The van der Waals surface area contributed by atoms with Gasteiger partial charge in [0.05, 0.1) is 0 Å². The number of aromatic nitrogens is 2. The second-order valence-corrected chi connectivity index (χ2v) is 5.76. The van der Waals surface area contributed by atoms with E-state index in [-0.39, 0.29) is 6.54 Å². The second-order valence-electron chi connectivity index (χ2n) is 4.73. The zero-order valence-electron chi connectivity index (χ0n) is 11.4. The highest BCUT2D eigenvalue weighted by atomic mass is 32.1. The molecule has 2 aromatic heterocycles. The Morgan fingerprint density at radius 1 is 1.43 bits per heavy atom. The summed E-state index contributed by atoms with van der Waals surface area (Å²) in [7, 11) is 1.43. The van der Waals surface area contributed by atoms with Gasteiger partial charge in [0, 0.05) is 37.3 Å². The van der Waals surface area contributed by atoms with Crippen LogP contribution in [0.4, 0.5) is 13.2 Å². The maximum Gasteiger partial charge on any atom is 0.424 e. The van der Waals surface area contributed by atoms with E-state index in [0.29, 0.717) is 6.54 Å². The molecule has 4 nitrogen and oxygen atoms in total. The molecule has 0 fully saturated rings. The van der Waals surface area contributed by atoms with Gasteiger partial charge in [0.15, 0.2) is 0 Å². The summed E-state index contributed by atoms with van der Waals surface area (Å²) in [5.41, 5.74) is -2.95. The molecule has 2 aromatic rings. The van der Waals surface area contributed by atoms with Crippen molar-refractivity contribution in [2.24, 2.45) is 7.05 Å². The Labute approximate surface area is 124 Å². The van der Waals surface area contributed by atoms with Gasteiger partial charge in [0.25, 0.3) is 0 Å². The first-order chi connectivity index (χ1) is 9.84. The van der Waals surface area contributed by atoms with Crippen LogP contribution in [0.3, 0.4) is 0 Å². The topological polar surface area (TPSA) is 50.1 Å². The number of aryl methyl sites for hydroxylation is 1. The number of nitrogens with zero attached hydrogens (tertiary/aromatic N) is 2. The number of alkyl halides is 3. The lowest BCUT2D eigenvalue weighted by Crippen LogP contribution is -2.46. The van der Waals surface area contributed by atoms with Crippen LogP contribution in [0.2, 0.25) is 0 Å². The van der Waals surface area contributed by atoms with Crippen LogP contribution in [0.1, 0.15) is 17.1 Å². The van der Waals surface area contributed by atoms with Crippen molar-refractivity contribution >= 4 is 11.3 Å². The molecule has 0 unspecified atom stereocenters. The summed E-state index contributed by atoms with van der Waals surface area (Å²) in [6.07, 6.45) is -2.65. The molecular weight excluding hydrogens is 303 g/mol. The number of aliphatic hydroxyl groups is 1. The second kappa shape index (κ2) is 6.17. The van der Waals surface area contributed by atoms with Gasteiger partial charge in [0.1, 0.15) is 5.82 Å². The molecule has 0 aliphatic rings. The van der Waals surface area contributed by atoms with Crippen molar-refractivity contribution in [3.63, 3.8) is 0 Å². The van der Waals surface area contributed by atoms with Gasteiger partial charge in [0.2, 0.25) is 5.60 Å². The molecule has 0 saturated carbocycles. The predicted molar refractivity (Wildman–Crippen MR) is 73.8 cm³/mol. The van der Waals surface area contributed by atoms with Gasteiger partial charge in [-0.2, -0.15) is 13.2 Å². The minimum absolute atomic E-state index is 0.0285. The van der Waals surface area contributed by atoms with Crippen molar-refractivity contribution in [1.82, 2.24) is 14.9 Å². The third-order valence-corrected chi connectivity index (χ3v) is 4.08. The van der Waals surface area contributed by atoms with Crippen LogP contribution < -0.4 is 5.32 Å². The van der Waals surface area contributed by atoms with Gasteiger partial charge in [-0.25, -0.2) is 4.98 Å². The van der Waals surface area contributed by atoms with Crippen LogP contribution in [0.5, 0.6) is 0 Å². The van der Waals surface area contributed by atoms with Crippen molar-refractivity contribution in [1.29, 1.82) is 0 Å². The SMILES string of the molecule is Cn1ccnc1[C@](O)(CCNCc1cccs1)C(F)(F)F. The Morgan fingerprint density at radius 3 is 2.71 bits per heavy atom. The van der Waals surface area contributed by atoms with E-state index < -0.39 is 24.0 Å². The zero-order valence-corrected chi connectivity index (χ0v) is 12.2. The standard InChI is InChI=1S/C13H16F3N3OS/c1-19-7-6-18-11(19)12(20,13(14,15)16)4-5-17-9-10-3-2-8-21-10/h2-3,6-8,17,20H,4-5,9H2,1H3/t12-/m1/s1. The summed E-state index contributed by atoms with van der Waals surface area (Å²) in [5.74, 6) is -0.395. The van der Waals surface area contributed by atoms with E-state index in [9.17, 15) is 18.3 Å². The molecule has 21 heavy (non-hydrogen) atoms. The molecule has 2 rings (SSSR count). The summed E-state index contributed by atoms with van der Waals surface area (Å²) < 4.78 is 40.8. The van der Waals surface area contributed by atoms with E-state index in [1.807, 2.05) is 17.5 Å². The van der Waals surface area contributed by atoms with Crippen molar-refractivity contribution < 1.29 is 18.3 Å². The number of imidazole rings is 1. The third-order valence-electron chi connectivity index (χ3n) is 3.20. The average Bonchev–Trinajstić information content (AvgIpc) is 3.04. The first kappa shape index (κ1) is 16.0. The van der Waals surface area contributed by atoms with E-state index in [1.54, 1.807) is 0 Å². The van der Waals surface area contributed by atoms with E-state index in [4.69, 9.17) is 0 Å². The van der Waals surface area contributed by atoms with Gasteiger partial charge in [-0.15, -0.1) is 11.3 Å². The van der Waals surface area contributed by atoms with Gasteiger partial charge in [-0.3, -0.25) is 0 Å². The molecule has 0 aromatic carbocycles. The maximum absolute atomic E-state index is 13.2. The number of hydrogen-bond donors (Lipinski definition) is 2. The molecule has 0 bridgehead atoms. The molecule has 8 heteroatoms. The van der Waals surface area contributed by atoms with Crippen LogP contribution in [0.25, 0.3) is 0 Å². The van der Waals surface area contributed by atoms with Gasteiger partial charge >= 0.3 is 6.18 Å². The van der Waals surface area contributed by atoms with E-state index in [0.717, 1.165) is 4.88 Å². The molecule has 2 heterocycles. The van der Waals surface area contributed by atoms with Crippen LogP contribution in [-0.2, 0) is 19.2 Å². The minimum Gasteiger partial charge on any atom is -0.374 e. The Bertz CT molecular complexity index is 567. The van der Waals surface area contributed by atoms with Crippen LogP contribution in [0, 0.1) is 0 Å². The van der Waals surface area contributed by atoms with Gasteiger partial charge in [-0.1, -0.05) is 6.07 Å². The predicted octanol–water partition coefficient (Wildman–Crippen LogP) is 2.41. The lowest BCUT2D eigenvalue weighted by atomic mass is 9.97. The fourth-order valence-corrected chi connectivity index (χ4v) is 2.71. The first-order valence-electron chi connectivity index (χ1n) is 6.34. The van der Waals surface area contributed by atoms with E-state index >= 15 is 0 Å². The fourth-order valence-electron chi connectivity index (χ4n) is 2.04. The molecule has 2 N–H and O–H groups in total. The summed E-state index contributed by atoms with van der Waals surface area (Å²) in [6, 6.07) is 3.77. The molecular formula is C13H16F3N3OS. The summed E-state index contributed by atoms with van der Waals surface area (Å²) in [6.45, 7) is 0.507. The third kappa shape index (κ3) is 3.45. The van der Waals surface area contributed by atoms with Gasteiger partial charge < -0.3 is 15.0 Å². The number of halogens is 3.